The molecule has 1 amide bonds. The van der Waals surface area contributed by atoms with Gasteiger partial charge in [-0.2, -0.15) is 5.10 Å². The third-order valence-electron chi connectivity index (χ3n) is 3.98. The van der Waals surface area contributed by atoms with Crippen LogP contribution in [0.5, 0.6) is 0 Å². The van der Waals surface area contributed by atoms with E-state index in [9.17, 15) is 4.79 Å². The second-order valence-electron chi connectivity index (χ2n) is 5.99. The predicted octanol–water partition coefficient (Wildman–Crippen LogP) is 1.66. The lowest BCUT2D eigenvalue weighted by Crippen LogP contribution is -2.33. The summed E-state index contributed by atoms with van der Waals surface area (Å²) in [4.78, 5) is 12.1. The van der Waals surface area contributed by atoms with Crippen LogP contribution >= 0.6 is 0 Å². The number of hydrogen-bond donors (Lipinski definition) is 2. The van der Waals surface area contributed by atoms with Gasteiger partial charge in [0, 0.05) is 19.3 Å². The van der Waals surface area contributed by atoms with E-state index in [1.54, 1.807) is 4.68 Å². The molecule has 1 aromatic rings. The highest BCUT2D eigenvalue weighted by atomic mass is 16.1. The first-order valence-corrected chi connectivity index (χ1v) is 7.60. The number of carbonyl (C=O) groups excluding carboxylic acids is 1. The molecule has 1 fully saturated rings. The molecule has 0 radical (unpaired) electrons. The molecule has 1 aliphatic heterocycles. The topological polar surface area (TPSA) is 59.0 Å². The van der Waals surface area contributed by atoms with Crippen molar-refractivity contribution in [3.63, 3.8) is 0 Å². The molecular formula is C15H26N4O. The van der Waals surface area contributed by atoms with Crippen LogP contribution in [0.1, 0.15) is 55.2 Å². The fourth-order valence-corrected chi connectivity index (χ4v) is 2.78. The van der Waals surface area contributed by atoms with Crippen molar-refractivity contribution in [3.8, 4) is 0 Å². The Morgan fingerprint density at radius 2 is 2.40 bits per heavy atom. The van der Waals surface area contributed by atoms with Crippen LogP contribution in [0.4, 0.5) is 0 Å². The molecule has 0 saturated carbocycles. The van der Waals surface area contributed by atoms with Crippen molar-refractivity contribution < 1.29 is 4.79 Å². The summed E-state index contributed by atoms with van der Waals surface area (Å²) >= 11 is 0. The maximum Gasteiger partial charge on any atom is 0.271 e. The Balaban J connectivity index is 1.81. The van der Waals surface area contributed by atoms with E-state index in [0.29, 0.717) is 17.5 Å². The van der Waals surface area contributed by atoms with Gasteiger partial charge in [0.25, 0.3) is 5.91 Å². The van der Waals surface area contributed by atoms with Gasteiger partial charge in [-0.15, -0.1) is 0 Å². The highest BCUT2D eigenvalue weighted by Gasteiger charge is 2.16. The Morgan fingerprint density at radius 1 is 1.60 bits per heavy atom. The molecule has 0 aliphatic carbocycles. The van der Waals surface area contributed by atoms with Crippen LogP contribution < -0.4 is 10.6 Å². The molecule has 112 valence electrons. The molecule has 1 aromatic heterocycles. The average molecular weight is 278 g/mol. The zero-order valence-electron chi connectivity index (χ0n) is 12.8. The lowest BCUT2D eigenvalue weighted by atomic mass is 9.96. The predicted molar refractivity (Wildman–Crippen MR) is 79.8 cm³/mol. The van der Waals surface area contributed by atoms with Crippen LogP contribution in [0.25, 0.3) is 0 Å². The van der Waals surface area contributed by atoms with Crippen molar-refractivity contribution in [2.75, 3.05) is 19.6 Å². The highest BCUT2D eigenvalue weighted by Crippen LogP contribution is 2.15. The number of nitrogens with one attached hydrogen (secondary N) is 2. The van der Waals surface area contributed by atoms with Gasteiger partial charge in [-0.05, 0) is 50.3 Å². The standard InChI is InChI=1S/C15H26N4O/c1-11(2)14-9-13(18-19(14)3)15(20)17-8-6-12-5-4-7-16-10-12/h9,11-12,16H,4-8,10H2,1-3H3,(H,17,20). The largest absolute Gasteiger partial charge is 0.351 e. The minimum absolute atomic E-state index is 0.0590. The smallest absolute Gasteiger partial charge is 0.271 e. The van der Waals surface area contributed by atoms with Crippen molar-refractivity contribution in [1.82, 2.24) is 20.4 Å². The van der Waals surface area contributed by atoms with Gasteiger partial charge in [-0.3, -0.25) is 9.48 Å². The van der Waals surface area contributed by atoms with Crippen LogP contribution in [0.15, 0.2) is 6.07 Å². The maximum absolute atomic E-state index is 12.1. The lowest BCUT2D eigenvalue weighted by Gasteiger charge is -2.22. The Bertz CT molecular complexity index is 447. The summed E-state index contributed by atoms with van der Waals surface area (Å²) < 4.78 is 1.80. The molecule has 2 N–H and O–H groups in total. The van der Waals surface area contributed by atoms with E-state index < -0.39 is 0 Å². The fraction of sp³-hybridized carbons (Fsp3) is 0.733. The summed E-state index contributed by atoms with van der Waals surface area (Å²) in [6.45, 7) is 7.16. The molecule has 5 heteroatoms. The zero-order valence-corrected chi connectivity index (χ0v) is 12.8. The van der Waals surface area contributed by atoms with E-state index in [-0.39, 0.29) is 5.91 Å². The minimum atomic E-state index is -0.0590. The SMILES string of the molecule is CC(C)c1cc(C(=O)NCCC2CCCNC2)nn1C. The molecule has 2 heterocycles. The highest BCUT2D eigenvalue weighted by molar-refractivity contribution is 5.92. The summed E-state index contributed by atoms with van der Waals surface area (Å²) in [5, 5.41) is 10.7. The Hall–Kier alpha value is -1.36. The van der Waals surface area contributed by atoms with E-state index in [1.807, 2.05) is 13.1 Å². The van der Waals surface area contributed by atoms with Crippen molar-refractivity contribution in [2.24, 2.45) is 13.0 Å². The van der Waals surface area contributed by atoms with E-state index in [1.165, 1.54) is 12.8 Å². The Labute approximate surface area is 121 Å². The maximum atomic E-state index is 12.1. The van der Waals surface area contributed by atoms with Gasteiger partial charge in [0.15, 0.2) is 0 Å². The quantitative estimate of drug-likeness (QED) is 0.861. The number of aryl methyl sites for hydroxylation is 1. The van der Waals surface area contributed by atoms with Crippen LogP contribution in [-0.4, -0.2) is 35.3 Å². The number of carbonyl (C=O) groups is 1. The second kappa shape index (κ2) is 6.88. The van der Waals surface area contributed by atoms with Crippen LogP contribution in [0.3, 0.4) is 0 Å². The van der Waals surface area contributed by atoms with Crippen molar-refractivity contribution in [1.29, 1.82) is 0 Å². The summed E-state index contributed by atoms with van der Waals surface area (Å²) in [6, 6.07) is 1.89. The van der Waals surface area contributed by atoms with E-state index in [2.05, 4.69) is 29.6 Å². The van der Waals surface area contributed by atoms with Gasteiger partial charge in [-0.1, -0.05) is 13.8 Å². The zero-order chi connectivity index (χ0) is 14.5. The monoisotopic (exact) mass is 278 g/mol. The van der Waals surface area contributed by atoms with Gasteiger partial charge in [0.05, 0.1) is 0 Å². The molecule has 0 bridgehead atoms. The molecule has 5 nitrogen and oxygen atoms in total. The van der Waals surface area contributed by atoms with Gasteiger partial charge >= 0.3 is 0 Å². The third kappa shape index (κ3) is 3.82. The first-order valence-electron chi connectivity index (χ1n) is 7.60. The van der Waals surface area contributed by atoms with E-state index >= 15 is 0 Å². The van der Waals surface area contributed by atoms with Crippen LogP contribution in [-0.2, 0) is 7.05 Å². The van der Waals surface area contributed by atoms with Gasteiger partial charge in [0.1, 0.15) is 5.69 Å². The molecule has 1 unspecified atom stereocenters. The van der Waals surface area contributed by atoms with E-state index in [0.717, 1.165) is 31.7 Å². The van der Waals surface area contributed by atoms with Crippen LogP contribution in [0.2, 0.25) is 0 Å². The number of rotatable bonds is 5. The number of piperidine rings is 1. The van der Waals surface area contributed by atoms with Crippen molar-refractivity contribution in [2.45, 2.75) is 39.0 Å². The Kier molecular flexibility index (Phi) is 5.17. The number of nitrogens with zero attached hydrogens (tertiary/aromatic N) is 2. The summed E-state index contributed by atoms with van der Waals surface area (Å²) in [5.41, 5.74) is 1.62. The molecule has 2 rings (SSSR count). The van der Waals surface area contributed by atoms with Gasteiger partial charge in [0.2, 0.25) is 0 Å². The minimum Gasteiger partial charge on any atom is -0.351 e. The summed E-state index contributed by atoms with van der Waals surface area (Å²) in [7, 11) is 1.89. The molecule has 1 aliphatic rings. The number of hydrogen-bond acceptors (Lipinski definition) is 3. The molecule has 0 spiro atoms. The summed E-state index contributed by atoms with van der Waals surface area (Å²) in [6.07, 6.45) is 3.56. The second-order valence-corrected chi connectivity index (χ2v) is 5.99. The van der Waals surface area contributed by atoms with Gasteiger partial charge in [-0.25, -0.2) is 0 Å². The van der Waals surface area contributed by atoms with Crippen molar-refractivity contribution in [3.05, 3.63) is 17.5 Å². The van der Waals surface area contributed by atoms with Crippen LogP contribution in [0, 0.1) is 5.92 Å². The fourth-order valence-electron chi connectivity index (χ4n) is 2.78. The number of aromatic nitrogens is 2. The normalized spacial score (nSPS) is 19.3. The van der Waals surface area contributed by atoms with Gasteiger partial charge < -0.3 is 10.6 Å². The number of amides is 1. The average Bonchev–Trinajstić information content (AvgIpc) is 2.82. The first-order chi connectivity index (χ1) is 9.58. The molecule has 1 saturated heterocycles. The molecule has 20 heavy (non-hydrogen) atoms. The third-order valence-corrected chi connectivity index (χ3v) is 3.98. The molecule has 1 atom stereocenters. The molecule has 0 aromatic carbocycles. The van der Waals surface area contributed by atoms with E-state index in [4.69, 9.17) is 0 Å². The first kappa shape index (κ1) is 15.0. The lowest BCUT2D eigenvalue weighted by molar-refractivity contribution is 0.0945. The molecular weight excluding hydrogens is 252 g/mol. The summed E-state index contributed by atoms with van der Waals surface area (Å²) in [5.74, 6) is 1.01. The van der Waals surface area contributed by atoms with Crippen molar-refractivity contribution >= 4 is 5.91 Å². The Morgan fingerprint density at radius 3 is 3.00 bits per heavy atom.